The Balaban J connectivity index is 2.25. The van der Waals surface area contributed by atoms with E-state index >= 15 is 0 Å². The summed E-state index contributed by atoms with van der Waals surface area (Å²) < 4.78 is 10.5. The molecule has 1 saturated heterocycles. The normalized spacial score (nSPS) is 19.7. The average Bonchev–Trinajstić information content (AvgIpc) is 2.81. The van der Waals surface area contributed by atoms with Crippen LogP contribution in [0.15, 0.2) is 18.3 Å². The predicted molar refractivity (Wildman–Crippen MR) is 54.7 cm³/mol. The Morgan fingerprint density at radius 1 is 1.62 bits per heavy atom. The summed E-state index contributed by atoms with van der Waals surface area (Å²) in [7, 11) is 1.25. The fraction of sp³-hybridized carbons (Fsp3) is 0.455. The van der Waals surface area contributed by atoms with Crippen molar-refractivity contribution in [3.63, 3.8) is 0 Å². The van der Waals surface area contributed by atoms with Crippen molar-refractivity contribution < 1.29 is 19.0 Å². The first-order valence-electron chi connectivity index (χ1n) is 5.15. The molecule has 1 fully saturated rings. The van der Waals surface area contributed by atoms with Crippen molar-refractivity contribution >= 4 is 5.97 Å². The number of methoxy groups -OCH3 is 1. The van der Waals surface area contributed by atoms with Crippen molar-refractivity contribution in [2.24, 2.45) is 0 Å². The maximum Gasteiger partial charge on any atom is 0.404 e. The first-order valence-corrected chi connectivity index (χ1v) is 5.15. The van der Waals surface area contributed by atoms with Crippen LogP contribution in [0.25, 0.3) is 0 Å². The molecule has 0 aliphatic carbocycles. The van der Waals surface area contributed by atoms with Crippen LogP contribution in [-0.2, 0) is 9.47 Å². The molecule has 16 heavy (non-hydrogen) atoms. The fourth-order valence-corrected chi connectivity index (χ4v) is 1.79. The van der Waals surface area contributed by atoms with Crippen LogP contribution >= 0.6 is 0 Å². The van der Waals surface area contributed by atoms with Crippen molar-refractivity contribution in [1.29, 1.82) is 0 Å². The third-order valence-electron chi connectivity index (χ3n) is 2.63. The summed E-state index contributed by atoms with van der Waals surface area (Å²) in [6.45, 7) is 0.724. The van der Waals surface area contributed by atoms with Gasteiger partial charge in [0.25, 0.3) is 0 Å². The Morgan fingerprint density at radius 3 is 3.00 bits per heavy atom. The lowest BCUT2D eigenvalue weighted by molar-refractivity contribution is -0.609. The van der Waals surface area contributed by atoms with Crippen molar-refractivity contribution in [2.75, 3.05) is 13.7 Å². The van der Waals surface area contributed by atoms with Crippen LogP contribution in [0.1, 0.15) is 35.0 Å². The number of pyridine rings is 1. The van der Waals surface area contributed by atoms with Gasteiger partial charge in [-0.15, -0.1) is 0 Å². The number of carbonyl (C=O) groups excluding carboxylic acids is 1. The maximum absolute atomic E-state index is 11.6. The molecule has 0 saturated carbocycles. The summed E-state index contributed by atoms with van der Waals surface area (Å²) in [6.07, 6.45) is 3.27. The lowest BCUT2D eigenvalue weighted by atomic mass is 10.1. The quantitative estimate of drug-likeness (QED) is 0.425. The minimum absolute atomic E-state index is 0.00996. The summed E-state index contributed by atoms with van der Waals surface area (Å²) in [4.78, 5) is 11.2. The zero-order chi connectivity index (χ0) is 11.5. The maximum atomic E-state index is 11.6. The third-order valence-corrected chi connectivity index (χ3v) is 2.63. The zero-order valence-electron chi connectivity index (χ0n) is 9.01. The van der Waals surface area contributed by atoms with Gasteiger partial charge < -0.3 is 14.7 Å². The fourth-order valence-electron chi connectivity index (χ4n) is 1.79. The lowest BCUT2D eigenvalue weighted by Crippen LogP contribution is -2.35. The van der Waals surface area contributed by atoms with Crippen LogP contribution < -0.4 is 4.73 Å². The van der Waals surface area contributed by atoms with Gasteiger partial charge in [0.05, 0.1) is 13.2 Å². The van der Waals surface area contributed by atoms with E-state index in [1.54, 1.807) is 6.07 Å². The number of ether oxygens (including phenoxy) is 2. The topological polar surface area (TPSA) is 62.5 Å². The van der Waals surface area contributed by atoms with Crippen molar-refractivity contribution in [1.82, 2.24) is 0 Å². The monoisotopic (exact) mass is 223 g/mol. The minimum atomic E-state index is -0.631. The molecule has 86 valence electrons. The molecule has 1 aromatic rings. The Kier molecular flexibility index (Phi) is 3.05. The molecule has 1 aliphatic rings. The van der Waals surface area contributed by atoms with E-state index in [4.69, 9.17) is 4.74 Å². The second-order valence-corrected chi connectivity index (χ2v) is 3.67. The largest absolute Gasteiger partial charge is 0.618 e. The molecule has 0 spiro atoms. The Morgan fingerprint density at radius 2 is 2.44 bits per heavy atom. The lowest BCUT2D eigenvalue weighted by Gasteiger charge is -2.09. The molecule has 1 unspecified atom stereocenters. The molecule has 2 heterocycles. The molecule has 2 rings (SSSR count). The van der Waals surface area contributed by atoms with E-state index in [9.17, 15) is 10.0 Å². The smallest absolute Gasteiger partial charge is 0.404 e. The number of carbonyl (C=O) groups is 1. The number of hydrogen-bond acceptors (Lipinski definition) is 4. The standard InChI is InChI=1S/C11H13NO4/c1-15-11(13)9-5-4-8(7-12(9)14)10-3-2-6-16-10/h4-5,7,10H,2-3,6H2,1H3. The van der Waals surface area contributed by atoms with Crippen molar-refractivity contribution in [3.05, 3.63) is 34.8 Å². The minimum Gasteiger partial charge on any atom is -0.618 e. The van der Waals surface area contributed by atoms with Gasteiger partial charge in [-0.05, 0) is 18.9 Å². The third kappa shape index (κ3) is 1.99. The van der Waals surface area contributed by atoms with Crippen LogP contribution in [-0.4, -0.2) is 19.7 Å². The highest BCUT2D eigenvalue weighted by Crippen LogP contribution is 2.27. The van der Waals surface area contributed by atoms with Crippen LogP contribution in [0.3, 0.4) is 0 Å². The predicted octanol–water partition coefficient (Wildman–Crippen LogP) is 0.958. The number of aromatic nitrogens is 1. The highest BCUT2D eigenvalue weighted by atomic mass is 16.5. The molecule has 5 nitrogen and oxygen atoms in total. The van der Waals surface area contributed by atoms with Crippen molar-refractivity contribution in [3.8, 4) is 0 Å². The number of nitrogens with zero attached hydrogens (tertiary/aromatic N) is 1. The molecule has 1 aromatic heterocycles. The highest BCUT2D eigenvalue weighted by molar-refractivity contribution is 5.85. The molecule has 0 aromatic carbocycles. The summed E-state index contributed by atoms with van der Waals surface area (Å²) in [5, 5.41) is 11.6. The molecule has 0 radical (unpaired) electrons. The summed E-state index contributed by atoms with van der Waals surface area (Å²) in [6, 6.07) is 3.20. The van der Waals surface area contributed by atoms with Gasteiger partial charge in [-0.2, -0.15) is 4.73 Å². The summed E-state index contributed by atoms with van der Waals surface area (Å²) in [5.74, 6) is -0.631. The van der Waals surface area contributed by atoms with Gasteiger partial charge in [-0.1, -0.05) is 0 Å². The Labute approximate surface area is 93.2 Å². The van der Waals surface area contributed by atoms with Gasteiger partial charge in [0, 0.05) is 18.2 Å². The zero-order valence-corrected chi connectivity index (χ0v) is 9.01. The first-order chi connectivity index (χ1) is 7.72. The van der Waals surface area contributed by atoms with Gasteiger partial charge in [-0.3, -0.25) is 0 Å². The van der Waals surface area contributed by atoms with Gasteiger partial charge >= 0.3 is 11.7 Å². The first kappa shape index (κ1) is 10.9. The molecule has 1 aliphatic heterocycles. The SMILES string of the molecule is COC(=O)c1ccc(C2CCCO2)c[n+]1[O-]. The molecular formula is C11H13NO4. The van der Waals surface area contributed by atoms with Gasteiger partial charge in [0.15, 0.2) is 6.20 Å². The second-order valence-electron chi connectivity index (χ2n) is 3.67. The molecular weight excluding hydrogens is 210 g/mol. The Bertz CT molecular complexity index is 399. The summed E-state index contributed by atoms with van der Waals surface area (Å²) in [5.41, 5.74) is 0.796. The van der Waals surface area contributed by atoms with E-state index in [1.165, 1.54) is 19.4 Å². The van der Waals surface area contributed by atoms with E-state index in [2.05, 4.69) is 4.74 Å². The summed E-state index contributed by atoms with van der Waals surface area (Å²) >= 11 is 0. The molecule has 0 amide bonds. The number of rotatable bonds is 2. The number of esters is 1. The number of hydrogen-bond donors (Lipinski definition) is 0. The van der Waals surface area contributed by atoms with Crippen LogP contribution in [0, 0.1) is 5.21 Å². The van der Waals surface area contributed by atoms with Crippen LogP contribution in [0.2, 0.25) is 0 Å². The molecule has 5 heteroatoms. The van der Waals surface area contributed by atoms with E-state index in [0.29, 0.717) is 4.73 Å². The van der Waals surface area contributed by atoms with Crippen LogP contribution in [0.5, 0.6) is 0 Å². The Hall–Kier alpha value is -1.62. The molecule has 0 bridgehead atoms. The van der Waals surface area contributed by atoms with Gasteiger partial charge in [0.2, 0.25) is 0 Å². The van der Waals surface area contributed by atoms with E-state index in [0.717, 1.165) is 25.0 Å². The van der Waals surface area contributed by atoms with Gasteiger partial charge in [-0.25, -0.2) is 4.79 Å². The molecule has 0 N–H and O–H groups in total. The van der Waals surface area contributed by atoms with Gasteiger partial charge in [0.1, 0.15) is 0 Å². The average molecular weight is 223 g/mol. The van der Waals surface area contributed by atoms with E-state index < -0.39 is 5.97 Å². The second kappa shape index (κ2) is 4.49. The van der Waals surface area contributed by atoms with Crippen LogP contribution in [0.4, 0.5) is 0 Å². The van der Waals surface area contributed by atoms with E-state index in [-0.39, 0.29) is 11.8 Å². The van der Waals surface area contributed by atoms with Crippen molar-refractivity contribution in [2.45, 2.75) is 18.9 Å². The molecule has 1 atom stereocenters. The van der Waals surface area contributed by atoms with E-state index in [1.807, 2.05) is 0 Å². The highest BCUT2D eigenvalue weighted by Gasteiger charge is 2.23.